The molecule has 0 fully saturated rings. The highest BCUT2D eigenvalue weighted by atomic mass is 79.9. The molecule has 0 saturated carbocycles. The van der Waals surface area contributed by atoms with Crippen molar-refractivity contribution in [3.05, 3.63) is 61.6 Å². The molecule has 2 rings (SSSR count). The summed E-state index contributed by atoms with van der Waals surface area (Å²) in [5.74, 6) is -1.36. The highest BCUT2D eigenvalue weighted by molar-refractivity contribution is 9.10. The van der Waals surface area contributed by atoms with Crippen LogP contribution in [0.15, 0.2) is 49.4 Å². The monoisotopic (exact) mass is 348 g/mol. The van der Waals surface area contributed by atoms with E-state index < -0.39 is 27.1 Å². The van der Waals surface area contributed by atoms with Gasteiger partial charge in [0.2, 0.25) is 5.82 Å². The summed E-state index contributed by atoms with van der Waals surface area (Å²) >= 11 is 3.13. The second kappa shape index (κ2) is 4.74. The molecule has 0 aliphatic heterocycles. The second-order valence-electron chi connectivity index (χ2n) is 3.49. The van der Waals surface area contributed by atoms with Crippen LogP contribution < -0.4 is 11.2 Å². The first-order chi connectivity index (χ1) is 8.82. The predicted molar refractivity (Wildman–Crippen MR) is 68.0 cm³/mol. The number of nitrogens with one attached hydrogen (secondary N) is 1. The average molecular weight is 349 g/mol. The molecule has 100 valence electrons. The first kappa shape index (κ1) is 13.7. The molecule has 0 unspecified atom stereocenters. The number of rotatable bonds is 2. The summed E-state index contributed by atoms with van der Waals surface area (Å²) in [6, 6.07) is 5.41. The Morgan fingerprint density at radius 2 is 1.74 bits per heavy atom. The lowest BCUT2D eigenvalue weighted by Crippen LogP contribution is -2.35. The van der Waals surface area contributed by atoms with Crippen LogP contribution in [0.3, 0.4) is 0 Å². The molecule has 19 heavy (non-hydrogen) atoms. The van der Waals surface area contributed by atoms with Gasteiger partial charge in [0.25, 0.3) is 15.6 Å². The maximum Gasteiger partial charge on any atom is 0.342 e. The number of benzene rings is 1. The number of hydrogen-bond donors (Lipinski definition) is 1. The Bertz CT molecular complexity index is 839. The van der Waals surface area contributed by atoms with Crippen molar-refractivity contribution in [2.75, 3.05) is 0 Å². The van der Waals surface area contributed by atoms with Gasteiger partial charge >= 0.3 is 5.69 Å². The number of hydrogen-bond acceptors (Lipinski definition) is 4. The Morgan fingerprint density at radius 3 is 2.32 bits per heavy atom. The first-order valence-electron chi connectivity index (χ1n) is 4.85. The minimum Gasteiger partial charge on any atom is -0.271 e. The van der Waals surface area contributed by atoms with Gasteiger partial charge in [0, 0.05) is 4.47 Å². The molecule has 0 radical (unpaired) electrons. The topological polar surface area (TPSA) is 89.0 Å². The van der Waals surface area contributed by atoms with Crippen LogP contribution >= 0.6 is 15.9 Å². The van der Waals surface area contributed by atoms with Gasteiger partial charge in [-0.3, -0.25) is 9.78 Å². The van der Waals surface area contributed by atoms with Crippen LogP contribution in [0.1, 0.15) is 0 Å². The van der Waals surface area contributed by atoms with Gasteiger partial charge < -0.3 is 0 Å². The molecule has 0 saturated heterocycles. The average Bonchev–Trinajstić information content (AvgIpc) is 2.34. The van der Waals surface area contributed by atoms with Crippen LogP contribution in [-0.2, 0) is 10.0 Å². The van der Waals surface area contributed by atoms with Crippen molar-refractivity contribution in [2.24, 2.45) is 0 Å². The zero-order chi connectivity index (χ0) is 14.2. The van der Waals surface area contributed by atoms with Gasteiger partial charge in [0.1, 0.15) is 0 Å². The fourth-order valence-corrected chi connectivity index (χ4v) is 2.80. The minimum absolute atomic E-state index is 0.146. The van der Waals surface area contributed by atoms with Gasteiger partial charge in [-0.1, -0.05) is 15.9 Å². The van der Waals surface area contributed by atoms with E-state index in [1.165, 1.54) is 24.3 Å². The molecule has 1 N–H and O–H groups in total. The quantitative estimate of drug-likeness (QED) is 0.863. The third-order valence-corrected chi connectivity index (χ3v) is 4.42. The van der Waals surface area contributed by atoms with Crippen LogP contribution in [0.5, 0.6) is 0 Å². The molecule has 9 heteroatoms. The van der Waals surface area contributed by atoms with E-state index in [-0.39, 0.29) is 8.87 Å². The molecular formula is C10H6BrFN2O4S. The predicted octanol–water partition coefficient (Wildman–Crippen LogP) is 0.675. The van der Waals surface area contributed by atoms with E-state index in [4.69, 9.17) is 0 Å². The summed E-state index contributed by atoms with van der Waals surface area (Å²) in [6.07, 6.45) is 0.346. The number of nitrogens with zero attached hydrogens (tertiary/aromatic N) is 1. The smallest absolute Gasteiger partial charge is 0.271 e. The van der Waals surface area contributed by atoms with Gasteiger partial charge in [-0.15, -0.1) is 0 Å². The Hall–Kier alpha value is -1.74. The van der Waals surface area contributed by atoms with Crippen LogP contribution in [0.2, 0.25) is 0 Å². The molecule has 1 heterocycles. The Balaban J connectivity index is 2.70. The van der Waals surface area contributed by atoms with Crippen molar-refractivity contribution in [2.45, 2.75) is 4.90 Å². The summed E-state index contributed by atoms with van der Waals surface area (Å²) in [5, 5.41) is 0. The summed E-state index contributed by atoms with van der Waals surface area (Å²) in [5.41, 5.74) is -2.50. The number of halogens is 2. The second-order valence-corrected chi connectivity index (χ2v) is 6.22. The van der Waals surface area contributed by atoms with Crippen molar-refractivity contribution in [1.29, 1.82) is 0 Å². The molecule has 2 aromatic rings. The van der Waals surface area contributed by atoms with Crippen molar-refractivity contribution in [3.63, 3.8) is 0 Å². The van der Waals surface area contributed by atoms with Crippen LogP contribution in [-0.4, -0.2) is 17.4 Å². The minimum atomic E-state index is -4.25. The van der Waals surface area contributed by atoms with E-state index in [1.807, 2.05) is 0 Å². The Labute approximate surface area is 114 Å². The molecule has 0 spiro atoms. The highest BCUT2D eigenvalue weighted by Crippen LogP contribution is 2.16. The zero-order valence-electron chi connectivity index (χ0n) is 9.13. The summed E-state index contributed by atoms with van der Waals surface area (Å²) in [6.45, 7) is 0. The SMILES string of the molecule is O=c1[nH]c(=O)n(S(=O)(=O)c2ccc(Br)cc2)cc1F. The van der Waals surface area contributed by atoms with Gasteiger partial charge in [0.05, 0.1) is 11.1 Å². The molecule has 0 bridgehead atoms. The summed E-state index contributed by atoms with van der Waals surface area (Å²) in [7, 11) is -4.25. The third-order valence-electron chi connectivity index (χ3n) is 2.24. The Kier molecular flexibility index (Phi) is 3.42. The van der Waals surface area contributed by atoms with E-state index in [0.29, 0.717) is 10.7 Å². The van der Waals surface area contributed by atoms with E-state index >= 15 is 0 Å². The largest absolute Gasteiger partial charge is 0.342 e. The van der Waals surface area contributed by atoms with Crippen LogP contribution in [0.4, 0.5) is 4.39 Å². The third kappa shape index (κ3) is 2.51. The van der Waals surface area contributed by atoms with Crippen molar-refractivity contribution in [3.8, 4) is 0 Å². The lowest BCUT2D eigenvalue weighted by molar-refractivity contribution is 0.564. The van der Waals surface area contributed by atoms with Crippen LogP contribution in [0.25, 0.3) is 0 Å². The maximum atomic E-state index is 13.1. The standard InChI is InChI=1S/C10H6BrFN2O4S/c11-6-1-3-7(4-2-6)19(17,18)14-5-8(12)9(15)13-10(14)16/h1-5H,(H,13,15,16). The molecule has 6 nitrogen and oxygen atoms in total. The summed E-state index contributed by atoms with van der Waals surface area (Å²) in [4.78, 5) is 23.7. The van der Waals surface area contributed by atoms with E-state index in [1.54, 1.807) is 4.98 Å². The van der Waals surface area contributed by atoms with Crippen molar-refractivity contribution >= 4 is 26.0 Å². The molecule has 0 atom stereocenters. The fraction of sp³-hybridized carbons (Fsp3) is 0. The molecule has 0 aliphatic rings. The van der Waals surface area contributed by atoms with E-state index in [9.17, 15) is 22.4 Å². The molecular weight excluding hydrogens is 343 g/mol. The van der Waals surface area contributed by atoms with E-state index in [0.717, 1.165) is 0 Å². The Morgan fingerprint density at radius 1 is 1.16 bits per heavy atom. The van der Waals surface area contributed by atoms with Gasteiger partial charge in [-0.25, -0.2) is 13.2 Å². The van der Waals surface area contributed by atoms with Crippen molar-refractivity contribution < 1.29 is 12.8 Å². The molecule has 0 amide bonds. The lowest BCUT2D eigenvalue weighted by Gasteiger charge is -2.06. The van der Waals surface area contributed by atoms with E-state index in [2.05, 4.69) is 15.9 Å². The maximum absolute atomic E-state index is 13.1. The van der Waals surface area contributed by atoms with Gasteiger partial charge in [-0.05, 0) is 24.3 Å². The normalized spacial score (nSPS) is 11.5. The molecule has 1 aromatic carbocycles. The summed E-state index contributed by atoms with van der Waals surface area (Å²) < 4.78 is 38.1. The first-order valence-corrected chi connectivity index (χ1v) is 7.08. The number of H-pyrrole nitrogens is 1. The van der Waals surface area contributed by atoms with Crippen molar-refractivity contribution in [1.82, 2.24) is 8.96 Å². The van der Waals surface area contributed by atoms with Crippen LogP contribution in [0, 0.1) is 5.82 Å². The number of aromatic amines is 1. The number of aromatic nitrogens is 2. The van der Waals surface area contributed by atoms with Gasteiger partial charge in [-0.2, -0.15) is 8.36 Å². The molecule has 1 aromatic heterocycles. The fourth-order valence-electron chi connectivity index (χ4n) is 1.33. The zero-order valence-corrected chi connectivity index (χ0v) is 11.5. The molecule has 0 aliphatic carbocycles. The highest BCUT2D eigenvalue weighted by Gasteiger charge is 2.20. The van der Waals surface area contributed by atoms with Gasteiger partial charge in [0.15, 0.2) is 0 Å². The lowest BCUT2D eigenvalue weighted by atomic mass is 10.4.